The first-order valence-corrected chi connectivity index (χ1v) is 18.1. The van der Waals surface area contributed by atoms with E-state index >= 15 is 0 Å². The predicted octanol–water partition coefficient (Wildman–Crippen LogP) is 7.33. The highest BCUT2D eigenvalue weighted by atomic mass is 31.2. The molecule has 3 N–H and O–H groups in total. The quantitative estimate of drug-likeness (QED) is 0.0306. The number of carbonyl (C=O) groups is 2. The number of rotatable bonds is 31. The Labute approximate surface area is 260 Å². The van der Waals surface area contributed by atoms with E-state index in [2.05, 4.69) is 23.6 Å². The van der Waals surface area contributed by atoms with Crippen molar-refractivity contribution < 1.29 is 47.8 Å². The van der Waals surface area contributed by atoms with E-state index in [1.54, 1.807) is 0 Å². The summed E-state index contributed by atoms with van der Waals surface area (Å²) in [4.78, 5) is 34.5. The van der Waals surface area contributed by atoms with Crippen molar-refractivity contribution in [3.8, 4) is 0 Å². The zero-order valence-corrected chi connectivity index (χ0v) is 27.8. The van der Waals surface area contributed by atoms with Gasteiger partial charge in [-0.15, -0.1) is 0 Å². The minimum atomic E-state index is -4.60. The Balaban J connectivity index is 4.44. The fourth-order valence-corrected chi connectivity index (χ4v) is 5.20. The van der Waals surface area contributed by atoms with Crippen molar-refractivity contribution in [3.63, 3.8) is 0 Å². The smallest absolute Gasteiger partial charge is 0.462 e. The molecule has 10 nitrogen and oxygen atoms in total. The standard InChI is InChI=1S/C32H61O10P/c1-3-5-7-9-11-13-15-17-19-21-23-31(35)39-27-30(28-41-43(37,38)40-26-29(34)25-33)42-32(36)24-22-20-18-16-14-12-10-8-6-4-2/h4,6,29-30,33-34H,3,5,7-28H2,1-2H3,(H,37,38)/b6-4-/t29-,30+/m0/s1. The van der Waals surface area contributed by atoms with Gasteiger partial charge in [-0.1, -0.05) is 109 Å². The lowest BCUT2D eigenvalue weighted by atomic mass is 10.1. The molecule has 0 saturated heterocycles. The van der Waals surface area contributed by atoms with Crippen LogP contribution < -0.4 is 0 Å². The molecule has 0 spiro atoms. The van der Waals surface area contributed by atoms with Gasteiger partial charge in [0.15, 0.2) is 6.10 Å². The van der Waals surface area contributed by atoms with Gasteiger partial charge in [-0.3, -0.25) is 18.6 Å². The van der Waals surface area contributed by atoms with Crippen LogP contribution in [0.2, 0.25) is 0 Å². The van der Waals surface area contributed by atoms with E-state index in [1.807, 2.05) is 6.92 Å². The molecule has 0 radical (unpaired) electrons. The zero-order chi connectivity index (χ0) is 32.0. The molecule has 0 saturated carbocycles. The summed E-state index contributed by atoms with van der Waals surface area (Å²) in [5, 5.41) is 18.2. The van der Waals surface area contributed by atoms with Gasteiger partial charge in [0.05, 0.1) is 19.8 Å². The summed E-state index contributed by atoms with van der Waals surface area (Å²) in [6, 6.07) is 0. The summed E-state index contributed by atoms with van der Waals surface area (Å²) in [7, 11) is -4.60. The van der Waals surface area contributed by atoms with Gasteiger partial charge >= 0.3 is 19.8 Å². The lowest BCUT2D eigenvalue weighted by molar-refractivity contribution is -0.161. The van der Waals surface area contributed by atoms with Crippen molar-refractivity contribution >= 4 is 19.8 Å². The number of esters is 2. The maximum absolute atomic E-state index is 12.4. The van der Waals surface area contributed by atoms with Crippen LogP contribution in [-0.2, 0) is 32.7 Å². The Kier molecular flexibility index (Phi) is 28.5. The maximum Gasteiger partial charge on any atom is 0.472 e. The Hall–Kier alpha value is -1.29. The maximum atomic E-state index is 12.4. The molecule has 0 fully saturated rings. The summed E-state index contributed by atoms with van der Waals surface area (Å²) < 4.78 is 32.4. The molecule has 43 heavy (non-hydrogen) atoms. The number of unbranched alkanes of at least 4 members (excludes halogenated alkanes) is 16. The Morgan fingerprint density at radius 1 is 0.721 bits per heavy atom. The summed E-state index contributed by atoms with van der Waals surface area (Å²) in [6.45, 7) is 2.13. The van der Waals surface area contributed by atoms with Gasteiger partial charge in [0.1, 0.15) is 12.7 Å². The first-order valence-electron chi connectivity index (χ1n) is 16.6. The van der Waals surface area contributed by atoms with Crippen molar-refractivity contribution in [1.29, 1.82) is 0 Å². The topological polar surface area (TPSA) is 149 Å². The number of ether oxygens (including phenoxy) is 2. The fourth-order valence-electron chi connectivity index (χ4n) is 4.41. The lowest BCUT2D eigenvalue weighted by Crippen LogP contribution is -2.29. The summed E-state index contributed by atoms with van der Waals surface area (Å²) >= 11 is 0. The molecule has 1 unspecified atom stereocenters. The molecule has 0 aliphatic heterocycles. The average Bonchev–Trinajstić information content (AvgIpc) is 2.99. The fraction of sp³-hybridized carbons (Fsp3) is 0.875. The number of phosphoric ester groups is 1. The number of hydrogen-bond acceptors (Lipinski definition) is 9. The van der Waals surface area contributed by atoms with Gasteiger partial charge in [0.2, 0.25) is 0 Å². The monoisotopic (exact) mass is 636 g/mol. The lowest BCUT2D eigenvalue weighted by Gasteiger charge is -2.20. The Morgan fingerprint density at radius 2 is 1.21 bits per heavy atom. The zero-order valence-electron chi connectivity index (χ0n) is 26.9. The van der Waals surface area contributed by atoms with Crippen molar-refractivity contribution in [2.75, 3.05) is 26.4 Å². The molecule has 0 aliphatic carbocycles. The largest absolute Gasteiger partial charge is 0.472 e. The molecule has 0 aromatic heterocycles. The van der Waals surface area contributed by atoms with Gasteiger partial charge in [-0.25, -0.2) is 4.57 Å². The van der Waals surface area contributed by atoms with Crippen molar-refractivity contribution in [3.05, 3.63) is 12.2 Å². The van der Waals surface area contributed by atoms with Gasteiger partial charge in [0.25, 0.3) is 0 Å². The summed E-state index contributed by atoms with van der Waals surface area (Å²) in [6.07, 6.45) is 22.1. The minimum Gasteiger partial charge on any atom is -0.462 e. The highest BCUT2D eigenvalue weighted by Gasteiger charge is 2.27. The van der Waals surface area contributed by atoms with Crippen LogP contribution in [0, 0.1) is 0 Å². The molecule has 3 atom stereocenters. The molecule has 0 bridgehead atoms. The molecule has 0 rings (SSSR count). The van der Waals surface area contributed by atoms with Crippen LogP contribution in [0.4, 0.5) is 0 Å². The van der Waals surface area contributed by atoms with E-state index in [0.29, 0.717) is 12.8 Å². The minimum absolute atomic E-state index is 0.181. The van der Waals surface area contributed by atoms with Gasteiger partial charge in [-0.05, 0) is 32.6 Å². The van der Waals surface area contributed by atoms with E-state index in [4.69, 9.17) is 19.1 Å². The number of hydrogen-bond donors (Lipinski definition) is 3. The third-order valence-corrected chi connectivity index (χ3v) is 7.97. The molecule has 0 amide bonds. The van der Waals surface area contributed by atoms with E-state index in [0.717, 1.165) is 44.9 Å². The average molecular weight is 637 g/mol. The third-order valence-electron chi connectivity index (χ3n) is 7.01. The number of allylic oxidation sites excluding steroid dienone is 2. The molecule has 254 valence electrons. The highest BCUT2D eigenvalue weighted by molar-refractivity contribution is 7.47. The number of aliphatic hydroxyl groups is 2. The normalized spacial score (nSPS) is 14.4. The number of phosphoric acid groups is 1. The van der Waals surface area contributed by atoms with E-state index in [1.165, 1.54) is 57.8 Å². The summed E-state index contributed by atoms with van der Waals surface area (Å²) in [5.41, 5.74) is 0. The van der Waals surface area contributed by atoms with Crippen LogP contribution >= 0.6 is 7.82 Å². The summed E-state index contributed by atoms with van der Waals surface area (Å²) in [5.74, 6) is -0.934. The SMILES string of the molecule is C/C=C\CCCCCCCCCC(=O)O[C@H](COC(=O)CCCCCCCCCCCC)COP(=O)(O)OC[C@@H](O)CO. The molecular formula is C32H61O10P. The molecule has 0 aromatic carbocycles. The predicted molar refractivity (Wildman–Crippen MR) is 168 cm³/mol. The molecule has 0 heterocycles. The van der Waals surface area contributed by atoms with Crippen molar-refractivity contribution in [2.45, 2.75) is 154 Å². The second-order valence-electron chi connectivity index (χ2n) is 11.2. The van der Waals surface area contributed by atoms with E-state index in [-0.39, 0.29) is 19.4 Å². The van der Waals surface area contributed by atoms with Gasteiger partial charge in [-0.2, -0.15) is 0 Å². The molecular weight excluding hydrogens is 575 g/mol. The van der Waals surface area contributed by atoms with Crippen molar-refractivity contribution in [1.82, 2.24) is 0 Å². The van der Waals surface area contributed by atoms with Crippen LogP contribution in [-0.4, -0.2) is 65.7 Å². The second-order valence-corrected chi connectivity index (χ2v) is 12.7. The van der Waals surface area contributed by atoms with Crippen LogP contribution in [0.25, 0.3) is 0 Å². The molecule has 11 heteroatoms. The molecule has 0 aliphatic rings. The highest BCUT2D eigenvalue weighted by Crippen LogP contribution is 2.43. The first kappa shape index (κ1) is 41.7. The van der Waals surface area contributed by atoms with Gasteiger partial charge < -0.3 is 24.6 Å². The van der Waals surface area contributed by atoms with Crippen LogP contribution in [0.5, 0.6) is 0 Å². The first-order chi connectivity index (χ1) is 20.7. The van der Waals surface area contributed by atoms with E-state index in [9.17, 15) is 24.2 Å². The van der Waals surface area contributed by atoms with E-state index < -0.39 is 51.8 Å². The Bertz CT molecular complexity index is 746. The van der Waals surface area contributed by atoms with Crippen LogP contribution in [0.15, 0.2) is 12.2 Å². The van der Waals surface area contributed by atoms with Gasteiger partial charge in [0, 0.05) is 12.8 Å². The Morgan fingerprint density at radius 3 is 1.74 bits per heavy atom. The number of aliphatic hydroxyl groups excluding tert-OH is 2. The van der Waals surface area contributed by atoms with Crippen LogP contribution in [0.3, 0.4) is 0 Å². The number of carbonyl (C=O) groups excluding carboxylic acids is 2. The second kappa shape index (κ2) is 29.4. The van der Waals surface area contributed by atoms with Crippen LogP contribution in [0.1, 0.15) is 142 Å². The molecule has 0 aromatic rings. The van der Waals surface area contributed by atoms with Crippen molar-refractivity contribution in [2.24, 2.45) is 0 Å². The third kappa shape index (κ3) is 29.2.